The van der Waals surface area contributed by atoms with Gasteiger partial charge in [0.1, 0.15) is 5.82 Å². The molecule has 0 amide bonds. The van der Waals surface area contributed by atoms with Crippen LogP contribution in [0.2, 0.25) is 0 Å². The van der Waals surface area contributed by atoms with Crippen molar-refractivity contribution in [1.82, 2.24) is 0 Å². The zero-order chi connectivity index (χ0) is 11.6. The van der Waals surface area contributed by atoms with E-state index in [1.54, 1.807) is 6.07 Å². The van der Waals surface area contributed by atoms with Gasteiger partial charge in [0.2, 0.25) is 0 Å². The Morgan fingerprint density at radius 2 is 2.07 bits per heavy atom. The van der Waals surface area contributed by atoms with Crippen molar-refractivity contribution in [1.29, 1.82) is 0 Å². The number of rotatable bonds is 3. The second-order valence-electron chi connectivity index (χ2n) is 4.38. The summed E-state index contributed by atoms with van der Waals surface area (Å²) in [4.78, 5) is 0. The topological polar surface area (TPSA) is 26.0 Å². The third-order valence-corrected chi connectivity index (χ3v) is 3.88. The lowest BCUT2D eigenvalue weighted by Gasteiger charge is -2.33. The van der Waals surface area contributed by atoms with E-state index in [4.69, 9.17) is 5.73 Å². The van der Waals surface area contributed by atoms with Crippen molar-refractivity contribution >= 4 is 15.9 Å². The molecule has 1 aromatic rings. The first-order valence-electron chi connectivity index (χ1n) is 5.08. The Kier molecular flexibility index (Phi) is 3.90. The molecule has 0 aromatic heterocycles. The second-order valence-corrected chi connectivity index (χ2v) is 5.23. The Morgan fingerprint density at radius 1 is 1.47 bits per heavy atom. The van der Waals surface area contributed by atoms with Crippen LogP contribution in [-0.2, 0) is 5.41 Å². The second kappa shape index (κ2) is 4.62. The quantitative estimate of drug-likeness (QED) is 0.897. The molecule has 0 saturated carbocycles. The first-order valence-corrected chi connectivity index (χ1v) is 5.87. The Bertz CT molecular complexity index is 351. The highest BCUT2D eigenvalue weighted by Crippen LogP contribution is 2.34. The standard InChI is InChI=1S/C12H17BrFN/c1-8(2)12(3,7-15)9-5-4-6-10(13)11(9)14/h4-6,8H,7,15H2,1-3H3. The highest BCUT2D eigenvalue weighted by molar-refractivity contribution is 9.10. The zero-order valence-corrected chi connectivity index (χ0v) is 10.9. The average molecular weight is 274 g/mol. The lowest BCUT2D eigenvalue weighted by molar-refractivity contribution is 0.334. The van der Waals surface area contributed by atoms with Crippen molar-refractivity contribution in [2.75, 3.05) is 6.54 Å². The van der Waals surface area contributed by atoms with E-state index in [0.29, 0.717) is 22.5 Å². The zero-order valence-electron chi connectivity index (χ0n) is 9.35. The van der Waals surface area contributed by atoms with E-state index < -0.39 is 0 Å². The summed E-state index contributed by atoms with van der Waals surface area (Å²) in [7, 11) is 0. The molecule has 0 aliphatic rings. The Labute approximate surface area is 99.0 Å². The molecule has 0 aliphatic heterocycles. The van der Waals surface area contributed by atoms with Gasteiger partial charge in [0.05, 0.1) is 4.47 Å². The molecule has 0 heterocycles. The van der Waals surface area contributed by atoms with Crippen LogP contribution in [0.5, 0.6) is 0 Å². The van der Waals surface area contributed by atoms with Crippen LogP contribution in [0.3, 0.4) is 0 Å². The molecule has 84 valence electrons. The minimum atomic E-state index is -0.312. The minimum absolute atomic E-state index is 0.195. The Morgan fingerprint density at radius 3 is 2.53 bits per heavy atom. The van der Waals surface area contributed by atoms with Gasteiger partial charge in [0, 0.05) is 12.0 Å². The molecule has 0 bridgehead atoms. The fourth-order valence-electron chi connectivity index (χ4n) is 1.60. The van der Waals surface area contributed by atoms with Crippen LogP contribution in [-0.4, -0.2) is 6.54 Å². The summed E-state index contributed by atoms with van der Waals surface area (Å²) in [6.45, 7) is 6.57. The summed E-state index contributed by atoms with van der Waals surface area (Å²) in [5, 5.41) is 0. The number of benzene rings is 1. The van der Waals surface area contributed by atoms with Gasteiger partial charge in [-0.25, -0.2) is 4.39 Å². The van der Waals surface area contributed by atoms with Gasteiger partial charge >= 0.3 is 0 Å². The number of halogens is 2. The summed E-state index contributed by atoms with van der Waals surface area (Å²) >= 11 is 3.20. The third-order valence-electron chi connectivity index (χ3n) is 3.27. The van der Waals surface area contributed by atoms with Gasteiger partial charge in [-0.2, -0.15) is 0 Å². The van der Waals surface area contributed by atoms with Crippen molar-refractivity contribution in [3.8, 4) is 0 Å². The monoisotopic (exact) mass is 273 g/mol. The van der Waals surface area contributed by atoms with E-state index in [9.17, 15) is 4.39 Å². The molecule has 2 N–H and O–H groups in total. The summed E-state index contributed by atoms with van der Waals surface area (Å²) < 4.78 is 14.4. The van der Waals surface area contributed by atoms with Crippen LogP contribution in [0.15, 0.2) is 22.7 Å². The highest BCUT2D eigenvalue weighted by Gasteiger charge is 2.32. The first-order chi connectivity index (χ1) is 6.93. The predicted octanol–water partition coefficient (Wildman–Crippen LogP) is 3.46. The molecular weight excluding hydrogens is 257 g/mol. The van der Waals surface area contributed by atoms with E-state index in [1.807, 2.05) is 19.1 Å². The normalized spacial score (nSPS) is 15.4. The summed E-state index contributed by atoms with van der Waals surface area (Å²) in [5.74, 6) is 0.102. The van der Waals surface area contributed by atoms with Gasteiger partial charge in [0.15, 0.2) is 0 Å². The van der Waals surface area contributed by atoms with Crippen LogP contribution in [0.4, 0.5) is 4.39 Å². The van der Waals surface area contributed by atoms with Gasteiger partial charge in [-0.3, -0.25) is 0 Å². The number of nitrogens with two attached hydrogens (primary N) is 1. The van der Waals surface area contributed by atoms with Crippen LogP contribution >= 0.6 is 15.9 Å². The van der Waals surface area contributed by atoms with Crippen molar-refractivity contribution in [2.24, 2.45) is 11.7 Å². The fourth-order valence-corrected chi connectivity index (χ4v) is 1.97. The maximum Gasteiger partial charge on any atom is 0.141 e. The van der Waals surface area contributed by atoms with Gasteiger partial charge in [0.25, 0.3) is 0 Å². The van der Waals surface area contributed by atoms with Gasteiger partial charge in [-0.1, -0.05) is 32.9 Å². The average Bonchev–Trinajstić information content (AvgIpc) is 2.20. The molecule has 1 nitrogen and oxygen atoms in total. The number of hydrogen-bond acceptors (Lipinski definition) is 1. The summed E-state index contributed by atoms with van der Waals surface area (Å²) in [6, 6.07) is 5.36. The van der Waals surface area contributed by atoms with Crippen LogP contribution in [0, 0.1) is 11.7 Å². The molecule has 0 saturated heterocycles. The van der Waals surface area contributed by atoms with Crippen LogP contribution in [0.25, 0.3) is 0 Å². The largest absolute Gasteiger partial charge is 0.330 e. The smallest absolute Gasteiger partial charge is 0.141 e. The van der Waals surface area contributed by atoms with Gasteiger partial charge in [-0.15, -0.1) is 0 Å². The van der Waals surface area contributed by atoms with E-state index >= 15 is 0 Å². The van der Waals surface area contributed by atoms with Crippen molar-refractivity contribution < 1.29 is 4.39 Å². The molecule has 0 fully saturated rings. The fraction of sp³-hybridized carbons (Fsp3) is 0.500. The maximum absolute atomic E-state index is 13.9. The highest BCUT2D eigenvalue weighted by atomic mass is 79.9. The molecule has 15 heavy (non-hydrogen) atoms. The Balaban J connectivity index is 3.30. The molecular formula is C12H17BrFN. The summed E-state index contributed by atoms with van der Waals surface area (Å²) in [5.41, 5.74) is 6.15. The molecule has 1 atom stereocenters. The van der Waals surface area contributed by atoms with Gasteiger partial charge in [-0.05, 0) is 33.5 Å². The maximum atomic E-state index is 13.9. The van der Waals surface area contributed by atoms with E-state index in [0.717, 1.165) is 0 Å². The minimum Gasteiger partial charge on any atom is -0.330 e. The molecule has 0 radical (unpaired) electrons. The van der Waals surface area contributed by atoms with Crippen molar-refractivity contribution in [3.63, 3.8) is 0 Å². The molecule has 1 rings (SSSR count). The molecule has 0 spiro atoms. The lowest BCUT2D eigenvalue weighted by Crippen LogP contribution is -2.37. The third kappa shape index (κ3) is 2.23. The first kappa shape index (κ1) is 12.7. The van der Waals surface area contributed by atoms with E-state index in [-0.39, 0.29) is 11.2 Å². The van der Waals surface area contributed by atoms with Gasteiger partial charge < -0.3 is 5.73 Å². The van der Waals surface area contributed by atoms with E-state index in [2.05, 4.69) is 29.8 Å². The van der Waals surface area contributed by atoms with Crippen molar-refractivity contribution in [3.05, 3.63) is 34.1 Å². The SMILES string of the molecule is CC(C)C(C)(CN)c1cccc(Br)c1F. The Hall–Kier alpha value is -0.410. The van der Waals surface area contributed by atoms with E-state index in [1.165, 1.54) is 0 Å². The van der Waals surface area contributed by atoms with Crippen LogP contribution in [0.1, 0.15) is 26.3 Å². The molecule has 1 unspecified atom stereocenters. The number of hydrogen-bond donors (Lipinski definition) is 1. The summed E-state index contributed by atoms with van der Waals surface area (Å²) in [6.07, 6.45) is 0. The van der Waals surface area contributed by atoms with Crippen molar-refractivity contribution in [2.45, 2.75) is 26.2 Å². The van der Waals surface area contributed by atoms with Crippen LogP contribution < -0.4 is 5.73 Å². The molecule has 3 heteroatoms. The molecule has 1 aromatic carbocycles. The predicted molar refractivity (Wildman–Crippen MR) is 65.3 cm³/mol. The molecule has 0 aliphatic carbocycles. The lowest BCUT2D eigenvalue weighted by atomic mass is 9.73.